The maximum atomic E-state index is 5.32. The van der Waals surface area contributed by atoms with Crippen LogP contribution in [0, 0.1) is 12.1 Å². The number of fused-ring (bicyclic) bond motifs is 4. The van der Waals surface area contributed by atoms with Crippen molar-refractivity contribution >= 4 is 55.0 Å². The molecule has 52 heavy (non-hydrogen) atoms. The van der Waals surface area contributed by atoms with Gasteiger partial charge in [-0.2, -0.15) is 35.3 Å². The zero-order chi connectivity index (χ0) is 36.7. The first-order valence-electron chi connectivity index (χ1n) is 18.0. The van der Waals surface area contributed by atoms with E-state index in [4.69, 9.17) is 9.97 Å². The van der Waals surface area contributed by atoms with Crippen molar-refractivity contribution in [2.75, 3.05) is 0 Å². The first-order valence-corrected chi connectivity index (χ1v) is 19.7. The minimum Gasteiger partial charge on any atom is -0.663 e. The van der Waals surface area contributed by atoms with E-state index in [1.54, 1.807) is 23.1 Å². The fourth-order valence-electron chi connectivity index (χ4n) is 6.55. The van der Waals surface area contributed by atoms with E-state index >= 15 is 0 Å². The number of hydrogen-bond donors (Lipinski definition) is 0. The van der Waals surface area contributed by atoms with Gasteiger partial charge in [0.2, 0.25) is 0 Å². The van der Waals surface area contributed by atoms with Crippen molar-refractivity contribution in [1.82, 2.24) is 9.97 Å². The first-order chi connectivity index (χ1) is 23.8. The summed E-state index contributed by atoms with van der Waals surface area (Å²) in [6.07, 6.45) is 1.91. The molecule has 5 heteroatoms. The average Bonchev–Trinajstić information content (AvgIpc) is 3.67. The molecule has 0 bridgehead atoms. The number of rotatable bonds is 4. The third-order valence-electron chi connectivity index (χ3n) is 9.93. The second-order valence-corrected chi connectivity index (χ2v) is 20.1. The predicted molar refractivity (Wildman–Crippen MR) is 222 cm³/mol. The topological polar surface area (TPSA) is 27.0 Å². The summed E-state index contributed by atoms with van der Waals surface area (Å²) >= 11 is 3.45. The van der Waals surface area contributed by atoms with Crippen molar-refractivity contribution in [2.45, 2.75) is 115 Å². The van der Waals surface area contributed by atoms with Gasteiger partial charge < -0.3 is 4.98 Å². The van der Waals surface area contributed by atoms with E-state index in [9.17, 15) is 0 Å². The Morgan fingerprint density at radius 2 is 1.17 bits per heavy atom. The van der Waals surface area contributed by atoms with Crippen LogP contribution in [0.3, 0.4) is 0 Å². The SMILES string of the molecule is CC(C)(C)c1cc(Sc2nccc3ccsc23)[c-]c(-c2[c-]c(-c3cc(C(C)(C)C)cc4c3[n-]c3ccc(C(C)(C)C)cc34)cc(C(C)(C)C)c2)c1.[Au+3]. The monoisotopic (exact) mass is 902 g/mol. The summed E-state index contributed by atoms with van der Waals surface area (Å²) in [6, 6.07) is 32.8. The van der Waals surface area contributed by atoms with Gasteiger partial charge in [0, 0.05) is 6.20 Å². The van der Waals surface area contributed by atoms with Crippen LogP contribution in [0.25, 0.3) is 54.1 Å². The Kier molecular flexibility index (Phi) is 10.1. The van der Waals surface area contributed by atoms with E-state index in [2.05, 4.69) is 167 Å². The summed E-state index contributed by atoms with van der Waals surface area (Å²) in [5.41, 5.74) is 11.4. The average molecular weight is 903 g/mol. The van der Waals surface area contributed by atoms with Crippen molar-refractivity contribution in [1.29, 1.82) is 0 Å². The molecule has 2 nitrogen and oxygen atoms in total. The third-order valence-corrected chi connectivity index (χ3v) is 11.9. The number of nitrogens with zero attached hydrogens (tertiary/aromatic N) is 2. The molecule has 0 fully saturated rings. The van der Waals surface area contributed by atoms with Crippen molar-refractivity contribution in [3.63, 3.8) is 0 Å². The summed E-state index contributed by atoms with van der Waals surface area (Å²) in [6.45, 7) is 27.5. The van der Waals surface area contributed by atoms with Gasteiger partial charge in [0.1, 0.15) is 5.03 Å². The third kappa shape index (κ3) is 7.61. The van der Waals surface area contributed by atoms with Crippen LogP contribution in [0.15, 0.2) is 88.2 Å². The Morgan fingerprint density at radius 3 is 1.83 bits per heavy atom. The van der Waals surface area contributed by atoms with E-state index in [-0.39, 0.29) is 44.0 Å². The van der Waals surface area contributed by atoms with Gasteiger partial charge in [-0.05, 0) is 66.5 Å². The van der Waals surface area contributed by atoms with Crippen LogP contribution in [0.1, 0.15) is 105 Å². The van der Waals surface area contributed by atoms with E-state index < -0.39 is 0 Å². The molecule has 0 saturated carbocycles. The molecule has 0 unspecified atom stereocenters. The molecule has 7 aromatic rings. The second-order valence-electron chi connectivity index (χ2n) is 18.2. The minimum absolute atomic E-state index is 0. The molecular weight excluding hydrogens is 854 g/mol. The maximum absolute atomic E-state index is 5.32. The van der Waals surface area contributed by atoms with Gasteiger partial charge in [-0.3, -0.25) is 0 Å². The van der Waals surface area contributed by atoms with Crippen LogP contribution >= 0.6 is 23.1 Å². The van der Waals surface area contributed by atoms with Gasteiger partial charge in [-0.25, -0.2) is 10.5 Å². The molecule has 0 aliphatic heterocycles. The molecule has 3 heterocycles. The molecule has 0 N–H and O–H groups in total. The standard InChI is InChI=1S/C47H49N2S2.Au/c1-44(2,3)32-13-14-40-38(25-32)39-27-35(47(10,11)12)26-37(41(39)49-40)31-19-29(20-33(22-31)45(4,5)6)30-21-34(46(7,8)9)24-36(23-30)51-43-42-28(15-17-48-43)16-18-50-42;/h13-18,20-22,24-27H,1-12H3;/q-3;+3. The molecule has 7 rings (SSSR count). The van der Waals surface area contributed by atoms with Gasteiger partial charge in [-0.15, -0.1) is 45.7 Å². The van der Waals surface area contributed by atoms with Crippen LogP contribution in [0.2, 0.25) is 0 Å². The van der Waals surface area contributed by atoms with Gasteiger partial charge in [0.15, 0.2) is 0 Å². The molecule has 4 aromatic carbocycles. The van der Waals surface area contributed by atoms with Gasteiger partial charge in [0.25, 0.3) is 0 Å². The van der Waals surface area contributed by atoms with E-state index in [1.165, 1.54) is 43.1 Å². The number of aromatic nitrogens is 2. The van der Waals surface area contributed by atoms with E-state index in [0.29, 0.717) is 0 Å². The quantitative estimate of drug-likeness (QED) is 0.130. The Labute approximate surface area is 334 Å². The van der Waals surface area contributed by atoms with Gasteiger partial charge in [-0.1, -0.05) is 136 Å². The number of pyridine rings is 1. The Bertz CT molecular complexity index is 2440. The zero-order valence-corrected chi connectivity index (χ0v) is 36.3. The summed E-state index contributed by atoms with van der Waals surface area (Å²) < 4.78 is 1.22. The molecule has 0 aliphatic carbocycles. The predicted octanol–water partition coefficient (Wildman–Crippen LogP) is 13.8. The van der Waals surface area contributed by atoms with Gasteiger partial charge >= 0.3 is 22.4 Å². The molecule has 0 spiro atoms. The zero-order valence-electron chi connectivity index (χ0n) is 32.5. The molecule has 270 valence electrons. The van der Waals surface area contributed by atoms with Crippen LogP contribution < -0.4 is 4.98 Å². The second kappa shape index (κ2) is 13.6. The molecule has 0 aliphatic rings. The molecular formula is C47H49AuN2S2. The fraction of sp³-hybridized carbons (Fsp3) is 0.340. The maximum Gasteiger partial charge on any atom is 3.00 e. The van der Waals surface area contributed by atoms with Crippen LogP contribution in [0.5, 0.6) is 0 Å². The number of hydrogen-bond acceptors (Lipinski definition) is 3. The van der Waals surface area contributed by atoms with E-state index in [1.807, 2.05) is 6.20 Å². The fourth-order valence-corrected chi connectivity index (χ4v) is 8.47. The molecule has 0 atom stereocenters. The number of benzene rings is 4. The largest absolute Gasteiger partial charge is 3.00 e. The molecule has 0 amide bonds. The summed E-state index contributed by atoms with van der Waals surface area (Å²) in [7, 11) is 0. The molecule has 0 saturated heterocycles. The molecule has 0 radical (unpaired) electrons. The Morgan fingerprint density at radius 1 is 0.596 bits per heavy atom. The summed E-state index contributed by atoms with van der Waals surface area (Å²) in [4.78, 5) is 11.2. The van der Waals surface area contributed by atoms with Crippen LogP contribution in [-0.4, -0.2) is 4.98 Å². The van der Waals surface area contributed by atoms with E-state index in [0.717, 1.165) is 43.2 Å². The van der Waals surface area contributed by atoms with Gasteiger partial charge in [0.05, 0.1) is 4.70 Å². The van der Waals surface area contributed by atoms with Crippen molar-refractivity contribution in [3.05, 3.63) is 113 Å². The normalized spacial score (nSPS) is 12.9. The van der Waals surface area contributed by atoms with Crippen molar-refractivity contribution < 1.29 is 22.4 Å². The summed E-state index contributed by atoms with van der Waals surface area (Å²) in [5.74, 6) is 0. The van der Waals surface area contributed by atoms with Crippen molar-refractivity contribution in [3.8, 4) is 22.3 Å². The Balaban J connectivity index is 0.00000464. The molecule has 3 aromatic heterocycles. The van der Waals surface area contributed by atoms with Crippen molar-refractivity contribution in [2.24, 2.45) is 0 Å². The van der Waals surface area contributed by atoms with Crippen LogP contribution in [-0.2, 0) is 44.0 Å². The van der Waals surface area contributed by atoms with Crippen LogP contribution in [0.4, 0.5) is 0 Å². The summed E-state index contributed by atoms with van der Waals surface area (Å²) in [5, 5.41) is 6.83. The number of thiophene rings is 1. The Hall–Kier alpha value is -3.12. The first kappa shape index (κ1) is 38.6. The minimum atomic E-state index is -0.0803. The smallest absolute Gasteiger partial charge is 0.663 e.